The standard InChI is InChI=1S/C16H22FNO4/c1-16(2,3)22-15(20)18-8-4-5-12-11-13(17)6-7-14(12)21-10-9-19/h4-7,11,19H,8-10H2,1-3H3,(H,18,20)/b5-4+. The first-order chi connectivity index (χ1) is 10.3. The average molecular weight is 311 g/mol. The fourth-order valence-electron chi connectivity index (χ4n) is 1.58. The zero-order valence-electron chi connectivity index (χ0n) is 13.1. The van der Waals surface area contributed by atoms with Crippen LogP contribution in [0, 0.1) is 5.82 Å². The van der Waals surface area contributed by atoms with Gasteiger partial charge in [0.1, 0.15) is 23.8 Å². The second-order valence-corrected chi connectivity index (χ2v) is 5.54. The van der Waals surface area contributed by atoms with Crippen LogP contribution in [0.4, 0.5) is 9.18 Å². The number of halogens is 1. The maximum atomic E-state index is 13.3. The highest BCUT2D eigenvalue weighted by atomic mass is 19.1. The average Bonchev–Trinajstić information content (AvgIpc) is 2.40. The summed E-state index contributed by atoms with van der Waals surface area (Å²) in [5.41, 5.74) is -0.0267. The van der Waals surface area contributed by atoms with E-state index in [-0.39, 0.29) is 19.8 Å². The molecule has 1 rings (SSSR count). The van der Waals surface area contributed by atoms with Crippen LogP contribution < -0.4 is 10.1 Å². The minimum atomic E-state index is -0.554. The molecule has 0 saturated carbocycles. The van der Waals surface area contributed by atoms with Crippen molar-refractivity contribution in [1.82, 2.24) is 5.32 Å². The largest absolute Gasteiger partial charge is 0.491 e. The Bertz CT molecular complexity index is 523. The number of alkyl carbamates (subject to hydrolysis) is 1. The van der Waals surface area contributed by atoms with Crippen LogP contribution >= 0.6 is 0 Å². The van der Waals surface area contributed by atoms with Crippen molar-refractivity contribution in [3.8, 4) is 5.75 Å². The molecule has 122 valence electrons. The third-order valence-electron chi connectivity index (χ3n) is 2.38. The highest BCUT2D eigenvalue weighted by Crippen LogP contribution is 2.21. The zero-order chi connectivity index (χ0) is 16.6. The minimum Gasteiger partial charge on any atom is -0.491 e. The van der Waals surface area contributed by atoms with Gasteiger partial charge < -0.3 is 19.9 Å². The monoisotopic (exact) mass is 311 g/mol. The van der Waals surface area contributed by atoms with Crippen molar-refractivity contribution >= 4 is 12.2 Å². The van der Waals surface area contributed by atoms with Gasteiger partial charge in [-0.25, -0.2) is 9.18 Å². The number of carbonyl (C=O) groups is 1. The summed E-state index contributed by atoms with van der Waals surface area (Å²) in [6, 6.07) is 4.09. The molecule has 22 heavy (non-hydrogen) atoms. The topological polar surface area (TPSA) is 67.8 Å². The molecule has 1 amide bonds. The molecule has 0 radical (unpaired) electrons. The van der Waals surface area contributed by atoms with Crippen LogP contribution in [0.1, 0.15) is 26.3 Å². The first-order valence-corrected chi connectivity index (χ1v) is 6.98. The van der Waals surface area contributed by atoms with E-state index < -0.39 is 17.5 Å². The second-order valence-electron chi connectivity index (χ2n) is 5.54. The molecule has 0 aliphatic carbocycles. The van der Waals surface area contributed by atoms with Gasteiger partial charge in [-0.2, -0.15) is 0 Å². The molecule has 0 unspecified atom stereocenters. The second kappa shape index (κ2) is 8.38. The van der Waals surface area contributed by atoms with E-state index in [0.717, 1.165) is 0 Å². The van der Waals surface area contributed by atoms with Crippen LogP contribution in [0.5, 0.6) is 5.75 Å². The van der Waals surface area contributed by atoms with Crippen LogP contribution in [0.15, 0.2) is 24.3 Å². The Kier molecular flexibility index (Phi) is 6.85. The maximum Gasteiger partial charge on any atom is 0.407 e. The van der Waals surface area contributed by atoms with Crippen molar-refractivity contribution in [2.75, 3.05) is 19.8 Å². The molecule has 0 bridgehead atoms. The summed E-state index contributed by atoms with van der Waals surface area (Å²) in [5, 5.41) is 11.3. The van der Waals surface area contributed by atoms with Crippen LogP contribution in [0.25, 0.3) is 6.08 Å². The molecular formula is C16H22FNO4. The fraction of sp³-hybridized carbons (Fsp3) is 0.438. The van der Waals surface area contributed by atoms with Crippen molar-refractivity contribution < 1.29 is 23.8 Å². The van der Waals surface area contributed by atoms with Crippen molar-refractivity contribution in [3.05, 3.63) is 35.7 Å². The molecule has 0 aliphatic heterocycles. The van der Waals surface area contributed by atoms with E-state index in [0.29, 0.717) is 11.3 Å². The van der Waals surface area contributed by atoms with E-state index >= 15 is 0 Å². The molecule has 0 aliphatic rings. The Morgan fingerprint density at radius 2 is 2.14 bits per heavy atom. The predicted molar refractivity (Wildman–Crippen MR) is 82.3 cm³/mol. The lowest BCUT2D eigenvalue weighted by molar-refractivity contribution is 0.0534. The summed E-state index contributed by atoms with van der Waals surface area (Å²) in [7, 11) is 0. The van der Waals surface area contributed by atoms with E-state index in [2.05, 4.69) is 5.32 Å². The van der Waals surface area contributed by atoms with Gasteiger partial charge in [-0.15, -0.1) is 0 Å². The van der Waals surface area contributed by atoms with Gasteiger partial charge in [-0.05, 0) is 39.0 Å². The number of aliphatic hydroxyl groups is 1. The van der Waals surface area contributed by atoms with Gasteiger partial charge in [0, 0.05) is 12.1 Å². The summed E-state index contributed by atoms with van der Waals surface area (Å²) >= 11 is 0. The van der Waals surface area contributed by atoms with Gasteiger partial charge in [-0.1, -0.05) is 12.2 Å². The number of benzene rings is 1. The molecular weight excluding hydrogens is 289 g/mol. The van der Waals surface area contributed by atoms with E-state index in [1.54, 1.807) is 32.9 Å². The molecule has 5 nitrogen and oxygen atoms in total. The zero-order valence-corrected chi connectivity index (χ0v) is 13.1. The SMILES string of the molecule is CC(C)(C)OC(=O)NC/C=C/c1cc(F)ccc1OCCO. The fourth-order valence-corrected chi connectivity index (χ4v) is 1.58. The Hall–Kier alpha value is -2.08. The lowest BCUT2D eigenvalue weighted by Crippen LogP contribution is -2.32. The number of carbonyl (C=O) groups excluding carboxylic acids is 1. The Balaban J connectivity index is 2.58. The Morgan fingerprint density at radius 1 is 1.41 bits per heavy atom. The highest BCUT2D eigenvalue weighted by Gasteiger charge is 2.15. The molecule has 1 aromatic carbocycles. The summed E-state index contributed by atoms with van der Waals surface area (Å²) in [6.07, 6.45) is 2.77. The summed E-state index contributed by atoms with van der Waals surface area (Å²) in [6.45, 7) is 5.58. The number of nitrogens with one attached hydrogen (secondary N) is 1. The van der Waals surface area contributed by atoms with Gasteiger partial charge in [0.15, 0.2) is 0 Å². The van der Waals surface area contributed by atoms with Crippen LogP contribution in [-0.4, -0.2) is 36.6 Å². The number of ether oxygens (including phenoxy) is 2. The third kappa shape index (κ3) is 7.08. The lowest BCUT2D eigenvalue weighted by Gasteiger charge is -2.19. The third-order valence-corrected chi connectivity index (χ3v) is 2.38. The van der Waals surface area contributed by atoms with E-state index in [9.17, 15) is 9.18 Å². The van der Waals surface area contributed by atoms with E-state index in [4.69, 9.17) is 14.6 Å². The Labute approximate surface area is 129 Å². The van der Waals surface area contributed by atoms with Gasteiger partial charge in [0.2, 0.25) is 0 Å². The molecule has 0 aromatic heterocycles. The van der Waals surface area contributed by atoms with Gasteiger partial charge in [0.25, 0.3) is 0 Å². The molecule has 0 spiro atoms. The van der Waals surface area contributed by atoms with Crippen molar-refractivity contribution in [2.24, 2.45) is 0 Å². The van der Waals surface area contributed by atoms with Crippen LogP contribution in [-0.2, 0) is 4.74 Å². The highest BCUT2D eigenvalue weighted by molar-refractivity contribution is 5.68. The van der Waals surface area contributed by atoms with Crippen molar-refractivity contribution in [2.45, 2.75) is 26.4 Å². The lowest BCUT2D eigenvalue weighted by atomic mass is 10.2. The van der Waals surface area contributed by atoms with E-state index in [1.165, 1.54) is 18.2 Å². The summed E-state index contributed by atoms with van der Waals surface area (Å²) in [4.78, 5) is 11.5. The molecule has 6 heteroatoms. The van der Waals surface area contributed by atoms with E-state index in [1.807, 2.05) is 0 Å². The molecule has 0 fully saturated rings. The molecule has 0 saturated heterocycles. The summed E-state index contributed by atoms with van der Waals surface area (Å²) < 4.78 is 23.7. The van der Waals surface area contributed by atoms with Crippen LogP contribution in [0.3, 0.4) is 0 Å². The summed E-state index contributed by atoms with van der Waals surface area (Å²) in [5.74, 6) is 0.0695. The Morgan fingerprint density at radius 3 is 2.77 bits per heavy atom. The maximum absolute atomic E-state index is 13.3. The number of hydrogen-bond donors (Lipinski definition) is 2. The van der Waals surface area contributed by atoms with Gasteiger partial charge in [-0.3, -0.25) is 0 Å². The van der Waals surface area contributed by atoms with Crippen LogP contribution in [0.2, 0.25) is 0 Å². The van der Waals surface area contributed by atoms with Crippen molar-refractivity contribution in [3.63, 3.8) is 0 Å². The normalized spacial score (nSPS) is 11.5. The molecule has 0 atom stereocenters. The first-order valence-electron chi connectivity index (χ1n) is 6.98. The molecule has 0 heterocycles. The predicted octanol–water partition coefficient (Wildman–Crippen LogP) is 2.73. The number of aliphatic hydroxyl groups excluding tert-OH is 1. The quantitative estimate of drug-likeness (QED) is 0.847. The first kappa shape index (κ1) is 18.0. The number of amides is 1. The molecule has 1 aromatic rings. The smallest absolute Gasteiger partial charge is 0.407 e. The number of hydrogen-bond acceptors (Lipinski definition) is 4. The minimum absolute atomic E-state index is 0.124. The molecule has 2 N–H and O–H groups in total. The van der Waals surface area contributed by atoms with Crippen molar-refractivity contribution in [1.29, 1.82) is 0 Å². The van der Waals surface area contributed by atoms with Gasteiger partial charge in [0.05, 0.1) is 6.61 Å². The van der Waals surface area contributed by atoms with Gasteiger partial charge >= 0.3 is 6.09 Å². The number of rotatable bonds is 6.